The van der Waals surface area contributed by atoms with Crippen LogP contribution in [0.4, 0.5) is 4.39 Å². The molecule has 0 bridgehead atoms. The molecule has 0 saturated heterocycles. The molecule has 2 aromatic rings. The summed E-state index contributed by atoms with van der Waals surface area (Å²) in [6, 6.07) is 5.90. The maximum absolute atomic E-state index is 13.2. The average Bonchev–Trinajstić information content (AvgIpc) is 2.28. The van der Waals surface area contributed by atoms with Gasteiger partial charge in [0, 0.05) is 18.0 Å². The fourth-order valence-electron chi connectivity index (χ4n) is 1.35. The van der Waals surface area contributed by atoms with Gasteiger partial charge in [-0.1, -0.05) is 12.2 Å². The van der Waals surface area contributed by atoms with Crippen LogP contribution in [0, 0.1) is 21.8 Å². The van der Waals surface area contributed by atoms with Crippen LogP contribution in [0.15, 0.2) is 30.6 Å². The quantitative estimate of drug-likeness (QED) is 0.768. The minimum Gasteiger partial charge on any atom is -0.350 e. The van der Waals surface area contributed by atoms with Gasteiger partial charge in [-0.15, -0.1) is 0 Å². The van der Waals surface area contributed by atoms with Crippen LogP contribution >= 0.6 is 12.2 Å². The Balaban J connectivity index is 2.66. The van der Waals surface area contributed by atoms with E-state index in [-0.39, 0.29) is 5.56 Å². The Bertz CT molecular complexity index is 628. The number of aromatic nitrogens is 2. The topological polar surface area (TPSA) is 52.5 Å². The molecule has 0 spiro atoms. The van der Waals surface area contributed by atoms with Crippen LogP contribution in [0.1, 0.15) is 5.56 Å². The Labute approximate surface area is 96.2 Å². The molecule has 0 unspecified atom stereocenters. The molecule has 1 aromatic carbocycles. The highest BCUT2D eigenvalue weighted by molar-refractivity contribution is 7.71. The third-order valence-electron chi connectivity index (χ3n) is 2.01. The molecular formula is C11H6FN3S. The normalized spacial score (nSPS) is 9.75. The molecule has 0 saturated carbocycles. The van der Waals surface area contributed by atoms with E-state index in [9.17, 15) is 4.39 Å². The maximum atomic E-state index is 13.2. The highest BCUT2D eigenvalue weighted by atomic mass is 32.1. The van der Waals surface area contributed by atoms with E-state index in [1.54, 1.807) is 12.3 Å². The van der Waals surface area contributed by atoms with Gasteiger partial charge in [0.15, 0.2) is 0 Å². The first kappa shape index (κ1) is 10.5. The van der Waals surface area contributed by atoms with Crippen molar-refractivity contribution in [3.8, 4) is 17.3 Å². The summed E-state index contributed by atoms with van der Waals surface area (Å²) in [6.07, 6.45) is 3.12. The fraction of sp³-hybridized carbons (Fsp3) is 0. The van der Waals surface area contributed by atoms with Gasteiger partial charge in [-0.05, 0) is 18.2 Å². The fourth-order valence-corrected chi connectivity index (χ4v) is 1.59. The number of nitrogens with zero attached hydrogens (tertiary/aromatic N) is 2. The van der Waals surface area contributed by atoms with Gasteiger partial charge in [-0.2, -0.15) is 5.26 Å². The summed E-state index contributed by atoms with van der Waals surface area (Å²) in [5.74, 6) is -0.478. The number of nitrogens with one attached hydrogen (secondary N) is 1. The number of hydrogen-bond donors (Lipinski definition) is 1. The summed E-state index contributed by atoms with van der Waals surface area (Å²) >= 11 is 5.03. The number of rotatable bonds is 1. The van der Waals surface area contributed by atoms with E-state index in [4.69, 9.17) is 17.5 Å². The Kier molecular flexibility index (Phi) is 2.75. The van der Waals surface area contributed by atoms with E-state index in [1.165, 1.54) is 18.3 Å². The van der Waals surface area contributed by atoms with Crippen molar-refractivity contribution in [3.63, 3.8) is 0 Å². The van der Waals surface area contributed by atoms with Crippen LogP contribution in [-0.2, 0) is 0 Å². The molecule has 1 aromatic heterocycles. The number of aromatic amines is 1. The number of nitriles is 1. The Morgan fingerprint density at radius 3 is 2.88 bits per heavy atom. The first-order valence-corrected chi connectivity index (χ1v) is 4.86. The van der Waals surface area contributed by atoms with Crippen molar-refractivity contribution < 1.29 is 4.39 Å². The van der Waals surface area contributed by atoms with E-state index in [2.05, 4.69) is 9.97 Å². The van der Waals surface area contributed by atoms with Gasteiger partial charge in [0.1, 0.15) is 16.2 Å². The third kappa shape index (κ3) is 1.97. The lowest BCUT2D eigenvalue weighted by atomic mass is 10.1. The van der Waals surface area contributed by atoms with Gasteiger partial charge in [0.05, 0.1) is 11.6 Å². The van der Waals surface area contributed by atoms with E-state index < -0.39 is 5.82 Å². The van der Waals surface area contributed by atoms with Crippen molar-refractivity contribution in [2.24, 2.45) is 0 Å². The molecule has 1 heterocycles. The van der Waals surface area contributed by atoms with Crippen molar-refractivity contribution >= 4 is 12.2 Å². The summed E-state index contributed by atoms with van der Waals surface area (Å²) in [5, 5.41) is 8.73. The zero-order valence-corrected chi connectivity index (χ0v) is 8.88. The minimum absolute atomic E-state index is 0.245. The van der Waals surface area contributed by atoms with Gasteiger partial charge in [-0.3, -0.25) is 4.98 Å². The summed E-state index contributed by atoms with van der Waals surface area (Å²) in [5.41, 5.74) is 1.21. The predicted octanol–water partition coefficient (Wildman–Crippen LogP) is 2.82. The zero-order chi connectivity index (χ0) is 11.5. The second kappa shape index (κ2) is 4.21. The van der Waals surface area contributed by atoms with E-state index in [1.807, 2.05) is 6.07 Å². The molecule has 0 amide bonds. The number of H-pyrrole nitrogens is 1. The molecule has 78 valence electrons. The Hall–Kier alpha value is -2.06. The van der Waals surface area contributed by atoms with Crippen LogP contribution in [-0.4, -0.2) is 9.97 Å². The monoisotopic (exact) mass is 231 g/mol. The number of halogens is 1. The Morgan fingerprint density at radius 1 is 1.38 bits per heavy atom. The molecule has 5 heteroatoms. The maximum Gasteiger partial charge on any atom is 0.129 e. The SMILES string of the molecule is N#Cc1cc(F)cc(-c2ncc[nH]c2=S)c1. The van der Waals surface area contributed by atoms with Crippen molar-refractivity contribution in [2.45, 2.75) is 0 Å². The first-order valence-electron chi connectivity index (χ1n) is 4.45. The molecule has 0 fully saturated rings. The molecule has 0 atom stereocenters. The molecule has 0 aliphatic carbocycles. The van der Waals surface area contributed by atoms with Crippen molar-refractivity contribution in [3.05, 3.63) is 46.6 Å². The van der Waals surface area contributed by atoms with Crippen molar-refractivity contribution in [2.75, 3.05) is 0 Å². The molecule has 1 N–H and O–H groups in total. The van der Waals surface area contributed by atoms with E-state index in [0.29, 0.717) is 15.9 Å². The molecule has 3 nitrogen and oxygen atoms in total. The highest BCUT2D eigenvalue weighted by Gasteiger charge is 2.05. The average molecular weight is 231 g/mol. The summed E-state index contributed by atoms with van der Waals surface area (Å²) in [4.78, 5) is 6.86. The zero-order valence-electron chi connectivity index (χ0n) is 8.07. The van der Waals surface area contributed by atoms with E-state index in [0.717, 1.165) is 0 Å². The molecular weight excluding hydrogens is 225 g/mol. The lowest BCUT2D eigenvalue weighted by Crippen LogP contribution is -1.89. The Morgan fingerprint density at radius 2 is 2.19 bits per heavy atom. The second-order valence-corrected chi connectivity index (χ2v) is 3.52. The standard InChI is InChI=1S/C11H6FN3S/c12-9-4-7(6-13)3-8(5-9)10-11(16)15-2-1-14-10/h1-5H,(H,15,16). The minimum atomic E-state index is -0.478. The number of hydrogen-bond acceptors (Lipinski definition) is 3. The summed E-state index contributed by atoms with van der Waals surface area (Å²) < 4.78 is 13.6. The van der Waals surface area contributed by atoms with Crippen LogP contribution in [0.5, 0.6) is 0 Å². The van der Waals surface area contributed by atoms with Gasteiger partial charge >= 0.3 is 0 Å². The largest absolute Gasteiger partial charge is 0.350 e. The predicted molar refractivity (Wildman–Crippen MR) is 59.5 cm³/mol. The molecule has 0 aliphatic heterocycles. The summed E-state index contributed by atoms with van der Waals surface area (Å²) in [6.45, 7) is 0. The lowest BCUT2D eigenvalue weighted by molar-refractivity contribution is 0.628. The highest BCUT2D eigenvalue weighted by Crippen LogP contribution is 2.19. The smallest absolute Gasteiger partial charge is 0.129 e. The van der Waals surface area contributed by atoms with E-state index >= 15 is 0 Å². The second-order valence-electron chi connectivity index (χ2n) is 3.11. The van der Waals surface area contributed by atoms with Crippen molar-refractivity contribution in [1.29, 1.82) is 5.26 Å². The first-order chi connectivity index (χ1) is 7.70. The van der Waals surface area contributed by atoms with Crippen LogP contribution in [0.2, 0.25) is 0 Å². The lowest BCUT2D eigenvalue weighted by Gasteiger charge is -2.01. The van der Waals surface area contributed by atoms with Gasteiger partial charge in [0.25, 0.3) is 0 Å². The molecule has 0 radical (unpaired) electrons. The van der Waals surface area contributed by atoms with Crippen LogP contribution in [0.3, 0.4) is 0 Å². The number of benzene rings is 1. The van der Waals surface area contributed by atoms with Crippen LogP contribution in [0.25, 0.3) is 11.3 Å². The van der Waals surface area contributed by atoms with Gasteiger partial charge in [0.2, 0.25) is 0 Å². The summed E-state index contributed by atoms with van der Waals surface area (Å²) in [7, 11) is 0. The molecule has 0 aliphatic rings. The molecule has 16 heavy (non-hydrogen) atoms. The van der Waals surface area contributed by atoms with Crippen LogP contribution < -0.4 is 0 Å². The van der Waals surface area contributed by atoms with Crippen molar-refractivity contribution in [1.82, 2.24) is 9.97 Å². The third-order valence-corrected chi connectivity index (χ3v) is 2.32. The van der Waals surface area contributed by atoms with Gasteiger partial charge in [-0.25, -0.2) is 4.39 Å². The van der Waals surface area contributed by atoms with Gasteiger partial charge < -0.3 is 4.98 Å². The molecule has 2 rings (SSSR count).